The van der Waals surface area contributed by atoms with Gasteiger partial charge in [0, 0.05) is 57.8 Å². The average molecular weight is 436 g/mol. The summed E-state index contributed by atoms with van der Waals surface area (Å²) in [4.78, 5) is 23.2. The number of aromatic nitrogens is 2. The molecule has 1 aromatic carbocycles. The van der Waals surface area contributed by atoms with Crippen LogP contribution >= 0.6 is 0 Å². The molecule has 0 unspecified atom stereocenters. The number of piperazine rings is 1. The Balaban J connectivity index is 1.79. The van der Waals surface area contributed by atoms with Gasteiger partial charge in [0.2, 0.25) is 10.0 Å². The molecule has 1 fully saturated rings. The summed E-state index contributed by atoms with van der Waals surface area (Å²) < 4.78 is 32.5. The van der Waals surface area contributed by atoms with E-state index in [0.717, 1.165) is 11.9 Å². The summed E-state index contributed by atoms with van der Waals surface area (Å²) in [6.07, 6.45) is 4.90. The van der Waals surface area contributed by atoms with Gasteiger partial charge in [0.25, 0.3) is 5.69 Å². The molecule has 1 aromatic heterocycles. The molecule has 1 aliphatic heterocycles. The van der Waals surface area contributed by atoms with Crippen LogP contribution in [0, 0.1) is 10.1 Å². The Kier molecular flexibility index (Phi) is 6.80. The first-order chi connectivity index (χ1) is 14.3. The maximum Gasteiger partial charge on any atom is 0.293 e. The van der Waals surface area contributed by atoms with Gasteiger partial charge in [0.15, 0.2) is 0 Å². The fourth-order valence-corrected chi connectivity index (χ4v) is 4.58. The number of hydrogen-bond acceptors (Lipinski definition) is 9. The van der Waals surface area contributed by atoms with Crippen LogP contribution in [0.3, 0.4) is 0 Å². The van der Waals surface area contributed by atoms with Gasteiger partial charge in [-0.25, -0.2) is 18.1 Å². The van der Waals surface area contributed by atoms with Crippen LogP contribution in [0.25, 0.3) is 0 Å². The van der Waals surface area contributed by atoms with Gasteiger partial charge in [0.1, 0.15) is 11.5 Å². The number of rotatable bonds is 8. The molecule has 11 nitrogen and oxygen atoms in total. The zero-order chi connectivity index (χ0) is 21.7. The van der Waals surface area contributed by atoms with Crippen molar-refractivity contribution in [2.45, 2.75) is 17.9 Å². The summed E-state index contributed by atoms with van der Waals surface area (Å²) in [5.41, 5.74) is 0.146. The second-order valence-electron chi connectivity index (χ2n) is 6.92. The van der Waals surface area contributed by atoms with E-state index in [4.69, 9.17) is 4.74 Å². The number of nitrogens with one attached hydrogen (secondary N) is 1. The predicted octanol–water partition coefficient (Wildman–Crippen LogP) is 1.02. The summed E-state index contributed by atoms with van der Waals surface area (Å²) in [5, 5.41) is 11.7. The number of nitrogens with zero attached hydrogens (tertiary/aromatic N) is 5. The highest BCUT2D eigenvalue weighted by Crippen LogP contribution is 2.32. The van der Waals surface area contributed by atoms with E-state index in [0.29, 0.717) is 31.9 Å². The Morgan fingerprint density at radius 1 is 1.23 bits per heavy atom. The molecule has 0 radical (unpaired) electrons. The van der Waals surface area contributed by atoms with Gasteiger partial charge >= 0.3 is 0 Å². The lowest BCUT2D eigenvalue weighted by molar-refractivity contribution is -0.384. The van der Waals surface area contributed by atoms with Gasteiger partial charge in [-0.1, -0.05) is 0 Å². The number of sulfonamides is 1. The first kappa shape index (κ1) is 21.9. The van der Waals surface area contributed by atoms with Gasteiger partial charge in [-0.05, 0) is 19.1 Å². The Bertz CT molecular complexity index is 980. The number of benzene rings is 1. The van der Waals surface area contributed by atoms with Crippen molar-refractivity contribution in [2.24, 2.45) is 0 Å². The van der Waals surface area contributed by atoms with E-state index < -0.39 is 21.0 Å². The summed E-state index contributed by atoms with van der Waals surface area (Å²) in [6.45, 7) is 4.15. The number of ether oxygens (including phenoxy) is 1. The molecular formula is C18H24N6O5S. The minimum atomic E-state index is -3.91. The van der Waals surface area contributed by atoms with Crippen LogP contribution in [-0.4, -0.2) is 69.2 Å². The van der Waals surface area contributed by atoms with Crippen molar-refractivity contribution in [2.75, 3.05) is 49.7 Å². The molecule has 0 bridgehead atoms. The lowest BCUT2D eigenvalue weighted by Gasteiger charge is -2.36. The molecule has 0 spiro atoms. The third-order valence-corrected chi connectivity index (χ3v) is 6.31. The Hall–Kier alpha value is -2.83. The maximum atomic E-state index is 12.6. The summed E-state index contributed by atoms with van der Waals surface area (Å²) >= 11 is 0. The van der Waals surface area contributed by atoms with Crippen LogP contribution in [-0.2, 0) is 14.8 Å². The molecule has 1 atom stereocenters. The van der Waals surface area contributed by atoms with Gasteiger partial charge in [0.05, 0.1) is 22.6 Å². The monoisotopic (exact) mass is 436 g/mol. The van der Waals surface area contributed by atoms with Gasteiger partial charge in [-0.15, -0.1) is 0 Å². The Labute approximate surface area is 174 Å². The van der Waals surface area contributed by atoms with Gasteiger partial charge in [-0.2, -0.15) is 0 Å². The van der Waals surface area contributed by atoms with E-state index in [1.807, 2.05) is 4.90 Å². The molecular weight excluding hydrogens is 412 g/mol. The second-order valence-corrected chi connectivity index (χ2v) is 8.64. The lowest BCUT2D eigenvalue weighted by Crippen LogP contribution is -2.47. The number of hydrogen-bond donors (Lipinski definition) is 1. The Morgan fingerprint density at radius 2 is 1.93 bits per heavy atom. The molecule has 30 heavy (non-hydrogen) atoms. The van der Waals surface area contributed by atoms with Crippen LogP contribution in [0.1, 0.15) is 6.92 Å². The normalized spacial score (nSPS) is 15.8. The highest BCUT2D eigenvalue weighted by molar-refractivity contribution is 7.89. The van der Waals surface area contributed by atoms with Crippen molar-refractivity contribution >= 4 is 27.2 Å². The third kappa shape index (κ3) is 5.01. The minimum Gasteiger partial charge on any atom is -0.383 e. The molecule has 1 aliphatic rings. The number of nitro benzene ring substituents is 1. The predicted molar refractivity (Wildman–Crippen MR) is 111 cm³/mol. The van der Waals surface area contributed by atoms with Crippen LogP contribution in [0.5, 0.6) is 0 Å². The van der Waals surface area contributed by atoms with Gasteiger partial charge in [-0.3, -0.25) is 15.1 Å². The molecule has 3 rings (SSSR count). The van der Waals surface area contributed by atoms with E-state index in [2.05, 4.69) is 19.6 Å². The van der Waals surface area contributed by atoms with Crippen molar-refractivity contribution in [1.82, 2.24) is 14.7 Å². The first-order valence-corrected chi connectivity index (χ1v) is 10.9. The van der Waals surface area contributed by atoms with Crippen LogP contribution in [0.15, 0.2) is 41.7 Å². The molecule has 2 heterocycles. The zero-order valence-corrected chi connectivity index (χ0v) is 17.6. The fraction of sp³-hybridized carbons (Fsp3) is 0.444. The standard InChI is InChI=1S/C18H24N6O5S/c1-14(13-29-2)21-30(27,28)15-3-4-16(17(11-15)24(25)26)22-7-9-23(10-8-22)18-12-19-5-6-20-18/h3-6,11-12,14,21H,7-10,13H2,1-2H3/t14-/m0/s1. The molecule has 0 saturated carbocycles. The van der Waals surface area contributed by atoms with Crippen LogP contribution < -0.4 is 14.5 Å². The topological polar surface area (TPSA) is 131 Å². The summed E-state index contributed by atoms with van der Waals surface area (Å²) in [6, 6.07) is 3.52. The Morgan fingerprint density at radius 3 is 2.53 bits per heavy atom. The van der Waals surface area contributed by atoms with E-state index in [1.54, 1.807) is 25.5 Å². The van der Waals surface area contributed by atoms with E-state index in [1.165, 1.54) is 19.2 Å². The SMILES string of the molecule is COC[C@H](C)NS(=O)(=O)c1ccc(N2CCN(c3cnccn3)CC2)c([N+](=O)[O-])c1. The number of methoxy groups -OCH3 is 1. The largest absolute Gasteiger partial charge is 0.383 e. The summed E-state index contributed by atoms with van der Waals surface area (Å²) in [7, 11) is -2.44. The van der Waals surface area contributed by atoms with Crippen molar-refractivity contribution in [1.29, 1.82) is 0 Å². The lowest BCUT2D eigenvalue weighted by atomic mass is 10.2. The molecule has 1 saturated heterocycles. The van der Waals surface area contributed by atoms with E-state index in [-0.39, 0.29) is 17.2 Å². The maximum absolute atomic E-state index is 12.6. The van der Waals surface area contributed by atoms with E-state index >= 15 is 0 Å². The quantitative estimate of drug-likeness (QED) is 0.476. The molecule has 2 aromatic rings. The van der Waals surface area contributed by atoms with Gasteiger partial charge < -0.3 is 14.5 Å². The fourth-order valence-electron chi connectivity index (χ4n) is 3.33. The number of nitro groups is 1. The molecule has 162 valence electrons. The molecule has 0 aliphatic carbocycles. The summed E-state index contributed by atoms with van der Waals surface area (Å²) in [5.74, 6) is 0.754. The average Bonchev–Trinajstić information content (AvgIpc) is 2.74. The first-order valence-electron chi connectivity index (χ1n) is 9.37. The molecule has 0 amide bonds. The van der Waals surface area contributed by atoms with Crippen molar-refractivity contribution in [3.8, 4) is 0 Å². The zero-order valence-electron chi connectivity index (χ0n) is 16.8. The van der Waals surface area contributed by atoms with Crippen LogP contribution in [0.2, 0.25) is 0 Å². The van der Waals surface area contributed by atoms with Crippen molar-refractivity contribution < 1.29 is 18.1 Å². The smallest absolute Gasteiger partial charge is 0.293 e. The van der Waals surface area contributed by atoms with Crippen molar-refractivity contribution in [3.05, 3.63) is 46.9 Å². The second kappa shape index (κ2) is 9.32. The number of anilines is 2. The van der Waals surface area contributed by atoms with Crippen molar-refractivity contribution in [3.63, 3.8) is 0 Å². The highest BCUT2D eigenvalue weighted by Gasteiger charge is 2.27. The molecule has 12 heteroatoms. The molecule has 1 N–H and O–H groups in total. The third-order valence-electron chi connectivity index (χ3n) is 4.72. The highest BCUT2D eigenvalue weighted by atomic mass is 32.2. The van der Waals surface area contributed by atoms with Crippen LogP contribution in [0.4, 0.5) is 17.2 Å². The minimum absolute atomic E-state index is 0.154. The van der Waals surface area contributed by atoms with E-state index in [9.17, 15) is 18.5 Å².